The molecule has 0 amide bonds. The molecule has 0 bridgehead atoms. The van der Waals surface area contributed by atoms with Crippen molar-refractivity contribution in [3.8, 4) is 16.3 Å². The maximum Gasteiger partial charge on any atom is 0.123 e. The number of benzene rings is 2. The van der Waals surface area contributed by atoms with Crippen molar-refractivity contribution in [1.82, 2.24) is 9.88 Å². The quantitative estimate of drug-likeness (QED) is 0.658. The van der Waals surface area contributed by atoms with Crippen LogP contribution in [0, 0.1) is 5.82 Å². The third-order valence-electron chi connectivity index (χ3n) is 4.82. The summed E-state index contributed by atoms with van der Waals surface area (Å²) >= 11 is 1.67. The Kier molecular flexibility index (Phi) is 5.36. The Labute approximate surface area is 162 Å². The monoisotopic (exact) mass is 383 g/mol. The van der Waals surface area contributed by atoms with Gasteiger partial charge in [0.05, 0.1) is 12.8 Å². The van der Waals surface area contributed by atoms with Gasteiger partial charge in [-0.3, -0.25) is 4.90 Å². The van der Waals surface area contributed by atoms with Crippen LogP contribution in [0.25, 0.3) is 10.6 Å². The molecule has 0 N–H and O–H groups in total. The number of ether oxygens (including phenoxy) is 1. The number of methoxy groups -OCH3 is 1. The van der Waals surface area contributed by atoms with Crippen LogP contribution in [0.5, 0.6) is 5.75 Å². The molecule has 1 saturated heterocycles. The molecule has 1 aliphatic rings. The van der Waals surface area contributed by atoms with Crippen LogP contribution < -0.4 is 9.64 Å². The van der Waals surface area contributed by atoms with Crippen molar-refractivity contribution in [2.75, 3.05) is 38.2 Å². The number of aromatic nitrogens is 1. The van der Waals surface area contributed by atoms with Gasteiger partial charge in [0.1, 0.15) is 16.6 Å². The van der Waals surface area contributed by atoms with Crippen molar-refractivity contribution in [2.45, 2.75) is 6.54 Å². The zero-order valence-corrected chi connectivity index (χ0v) is 16.1. The lowest BCUT2D eigenvalue weighted by molar-refractivity contribution is 0.247. The number of piperazine rings is 1. The van der Waals surface area contributed by atoms with E-state index in [0.29, 0.717) is 0 Å². The molecule has 0 unspecified atom stereocenters. The summed E-state index contributed by atoms with van der Waals surface area (Å²) in [6, 6.07) is 14.8. The highest BCUT2D eigenvalue weighted by molar-refractivity contribution is 7.13. The van der Waals surface area contributed by atoms with E-state index < -0.39 is 0 Å². The van der Waals surface area contributed by atoms with Gasteiger partial charge in [-0.25, -0.2) is 9.37 Å². The summed E-state index contributed by atoms with van der Waals surface area (Å²) in [6.07, 6.45) is 0. The summed E-state index contributed by atoms with van der Waals surface area (Å²) < 4.78 is 18.4. The van der Waals surface area contributed by atoms with Crippen LogP contribution in [0.15, 0.2) is 53.9 Å². The Morgan fingerprint density at radius 1 is 1.07 bits per heavy atom. The van der Waals surface area contributed by atoms with Crippen LogP contribution in [-0.2, 0) is 6.54 Å². The van der Waals surface area contributed by atoms with E-state index in [0.717, 1.165) is 60.4 Å². The van der Waals surface area contributed by atoms with Crippen molar-refractivity contribution >= 4 is 17.0 Å². The number of hydrogen-bond acceptors (Lipinski definition) is 5. The van der Waals surface area contributed by atoms with Crippen LogP contribution in [0.3, 0.4) is 0 Å². The second-order valence-electron chi connectivity index (χ2n) is 6.62. The average molecular weight is 383 g/mol. The Hall–Kier alpha value is -2.44. The van der Waals surface area contributed by atoms with Gasteiger partial charge in [-0.2, -0.15) is 0 Å². The molecule has 0 atom stereocenters. The summed E-state index contributed by atoms with van der Waals surface area (Å²) in [5.74, 6) is 0.661. The number of halogens is 1. The Balaban J connectivity index is 1.35. The number of rotatable bonds is 5. The van der Waals surface area contributed by atoms with Crippen molar-refractivity contribution in [1.29, 1.82) is 0 Å². The van der Waals surface area contributed by atoms with Crippen LogP contribution in [0.4, 0.5) is 10.1 Å². The predicted molar refractivity (Wildman–Crippen MR) is 108 cm³/mol. The molecule has 0 saturated carbocycles. The first-order valence-corrected chi connectivity index (χ1v) is 9.91. The molecule has 0 aliphatic carbocycles. The molecule has 1 aromatic heterocycles. The molecular weight excluding hydrogens is 361 g/mol. The zero-order chi connectivity index (χ0) is 18.6. The van der Waals surface area contributed by atoms with Crippen LogP contribution in [-0.4, -0.2) is 43.2 Å². The fourth-order valence-corrected chi connectivity index (χ4v) is 4.12. The maximum absolute atomic E-state index is 13.1. The van der Waals surface area contributed by atoms with Crippen molar-refractivity contribution in [2.24, 2.45) is 0 Å². The van der Waals surface area contributed by atoms with E-state index in [4.69, 9.17) is 9.72 Å². The van der Waals surface area contributed by atoms with E-state index in [1.54, 1.807) is 18.4 Å². The number of thiazole rings is 1. The molecule has 4 nitrogen and oxygen atoms in total. The van der Waals surface area contributed by atoms with E-state index in [2.05, 4.69) is 21.2 Å². The van der Waals surface area contributed by atoms with Crippen molar-refractivity contribution < 1.29 is 9.13 Å². The minimum atomic E-state index is -0.187. The van der Waals surface area contributed by atoms with Gasteiger partial charge >= 0.3 is 0 Å². The molecule has 2 heterocycles. The molecule has 1 aliphatic heterocycles. The van der Waals surface area contributed by atoms with Gasteiger partial charge in [0, 0.05) is 49.4 Å². The van der Waals surface area contributed by atoms with Gasteiger partial charge < -0.3 is 9.64 Å². The first-order chi connectivity index (χ1) is 13.2. The highest BCUT2D eigenvalue weighted by Crippen LogP contribution is 2.27. The molecule has 3 aromatic rings. The van der Waals surface area contributed by atoms with Crippen LogP contribution in [0.1, 0.15) is 5.69 Å². The summed E-state index contributed by atoms with van der Waals surface area (Å²) in [7, 11) is 1.68. The fourth-order valence-electron chi connectivity index (χ4n) is 3.31. The number of nitrogens with zero attached hydrogens (tertiary/aromatic N) is 3. The molecule has 140 valence electrons. The van der Waals surface area contributed by atoms with Gasteiger partial charge in [-0.1, -0.05) is 12.1 Å². The molecular formula is C21H22FN3OS. The largest absolute Gasteiger partial charge is 0.497 e. The highest BCUT2D eigenvalue weighted by atomic mass is 32.1. The third-order valence-corrected chi connectivity index (χ3v) is 5.76. The van der Waals surface area contributed by atoms with Gasteiger partial charge in [-0.15, -0.1) is 11.3 Å². The topological polar surface area (TPSA) is 28.6 Å². The second kappa shape index (κ2) is 8.06. The molecule has 27 heavy (non-hydrogen) atoms. The third kappa shape index (κ3) is 4.28. The minimum absolute atomic E-state index is 0.187. The highest BCUT2D eigenvalue weighted by Gasteiger charge is 2.18. The van der Waals surface area contributed by atoms with Gasteiger partial charge in [0.15, 0.2) is 0 Å². The Morgan fingerprint density at radius 3 is 2.59 bits per heavy atom. The summed E-state index contributed by atoms with van der Waals surface area (Å²) in [5, 5.41) is 3.16. The molecule has 0 spiro atoms. The number of anilines is 1. The Bertz CT molecular complexity index is 888. The normalized spacial score (nSPS) is 15.1. The lowest BCUT2D eigenvalue weighted by Crippen LogP contribution is -2.46. The Morgan fingerprint density at radius 2 is 1.85 bits per heavy atom. The first kappa shape index (κ1) is 17.9. The van der Waals surface area contributed by atoms with E-state index in [1.807, 2.05) is 30.3 Å². The summed E-state index contributed by atoms with van der Waals surface area (Å²) in [6.45, 7) is 4.70. The molecule has 6 heteroatoms. The van der Waals surface area contributed by atoms with Gasteiger partial charge in [-0.05, 0) is 36.4 Å². The maximum atomic E-state index is 13.1. The van der Waals surface area contributed by atoms with Crippen molar-refractivity contribution in [3.63, 3.8) is 0 Å². The smallest absolute Gasteiger partial charge is 0.123 e. The molecule has 2 aromatic carbocycles. The molecule has 4 rings (SSSR count). The predicted octanol–water partition coefficient (Wildman–Crippen LogP) is 4.28. The molecule has 1 fully saturated rings. The zero-order valence-electron chi connectivity index (χ0n) is 15.3. The van der Waals surface area contributed by atoms with E-state index in [1.165, 1.54) is 12.1 Å². The van der Waals surface area contributed by atoms with E-state index in [9.17, 15) is 4.39 Å². The van der Waals surface area contributed by atoms with E-state index in [-0.39, 0.29) is 5.82 Å². The number of hydrogen-bond donors (Lipinski definition) is 0. The van der Waals surface area contributed by atoms with Crippen LogP contribution in [0.2, 0.25) is 0 Å². The molecule has 0 radical (unpaired) electrons. The fraction of sp³-hybridized carbons (Fsp3) is 0.286. The summed E-state index contributed by atoms with van der Waals surface area (Å²) in [4.78, 5) is 9.53. The van der Waals surface area contributed by atoms with Crippen LogP contribution >= 0.6 is 11.3 Å². The minimum Gasteiger partial charge on any atom is -0.497 e. The second-order valence-corrected chi connectivity index (χ2v) is 7.47. The van der Waals surface area contributed by atoms with Gasteiger partial charge in [0.25, 0.3) is 0 Å². The lowest BCUT2D eigenvalue weighted by Gasteiger charge is -2.35. The SMILES string of the molecule is COc1cccc(-c2nc(CN3CCN(c4ccc(F)cc4)CC3)cs2)c1. The first-order valence-electron chi connectivity index (χ1n) is 9.03. The van der Waals surface area contributed by atoms with Gasteiger partial charge in [0.2, 0.25) is 0 Å². The summed E-state index contributed by atoms with van der Waals surface area (Å²) in [5.41, 5.74) is 3.28. The lowest BCUT2D eigenvalue weighted by atomic mass is 10.2. The van der Waals surface area contributed by atoms with E-state index >= 15 is 0 Å². The average Bonchev–Trinajstić information content (AvgIpc) is 3.18. The van der Waals surface area contributed by atoms with Crippen molar-refractivity contribution in [3.05, 3.63) is 65.4 Å². The standard InChI is InChI=1S/C21H22FN3OS/c1-26-20-4-2-3-16(13-20)21-23-18(15-27-21)14-24-9-11-25(12-10-24)19-7-5-17(22)6-8-19/h2-8,13,15H,9-12,14H2,1H3.